The van der Waals surface area contributed by atoms with Gasteiger partial charge in [-0.15, -0.1) is 0 Å². The molecule has 2 aliphatic carbocycles. The van der Waals surface area contributed by atoms with Crippen LogP contribution in [0.5, 0.6) is 0 Å². The van der Waals surface area contributed by atoms with Gasteiger partial charge in [0.25, 0.3) is 0 Å². The van der Waals surface area contributed by atoms with Crippen LogP contribution in [0.25, 0.3) is 0 Å². The average Bonchev–Trinajstić information content (AvgIpc) is 3.23. The Hall–Kier alpha value is -2.10. The van der Waals surface area contributed by atoms with Crippen LogP contribution in [0.4, 0.5) is 16.0 Å². The van der Waals surface area contributed by atoms with Crippen molar-refractivity contribution in [3.8, 4) is 0 Å². The molecule has 4 rings (SSSR count). The number of sulfonamides is 1. The quantitative estimate of drug-likeness (QED) is 0.653. The summed E-state index contributed by atoms with van der Waals surface area (Å²) in [6, 6.07) is 3.61. The summed E-state index contributed by atoms with van der Waals surface area (Å²) in [6.07, 6.45) is 9.39. The van der Waals surface area contributed by atoms with E-state index in [0.29, 0.717) is 18.8 Å². The molecule has 1 heterocycles. The van der Waals surface area contributed by atoms with Crippen LogP contribution in [0.3, 0.4) is 0 Å². The molecule has 0 bridgehead atoms. The predicted octanol–water partition coefficient (Wildman–Crippen LogP) is 2.82. The number of nitrogens with one attached hydrogen (secondary N) is 2. The molecule has 0 atom stereocenters. The van der Waals surface area contributed by atoms with Crippen LogP contribution in [0.1, 0.15) is 50.0 Å². The normalized spacial score (nSPS) is 18.9. The molecule has 0 saturated heterocycles. The van der Waals surface area contributed by atoms with Gasteiger partial charge in [-0.3, -0.25) is 0 Å². The molecule has 0 radical (unpaired) electrons. The van der Waals surface area contributed by atoms with Gasteiger partial charge < -0.3 is 10.4 Å². The van der Waals surface area contributed by atoms with Crippen LogP contribution in [0.2, 0.25) is 0 Å². The van der Waals surface area contributed by atoms with Gasteiger partial charge in [0.2, 0.25) is 16.0 Å². The van der Waals surface area contributed by atoms with Crippen LogP contribution in [0.15, 0.2) is 35.5 Å². The van der Waals surface area contributed by atoms with Crippen LogP contribution in [0, 0.1) is 5.82 Å². The summed E-state index contributed by atoms with van der Waals surface area (Å²) in [5.74, 6) is 0.0308. The first kappa shape index (κ1) is 19.2. The lowest BCUT2D eigenvalue weighted by atomic mass is 10.0. The molecule has 2 aromatic rings. The Morgan fingerprint density at radius 2 is 1.86 bits per heavy atom. The van der Waals surface area contributed by atoms with Crippen molar-refractivity contribution in [3.63, 3.8) is 0 Å². The minimum atomic E-state index is -3.90. The van der Waals surface area contributed by atoms with Crippen molar-refractivity contribution in [2.24, 2.45) is 0 Å². The molecule has 0 amide bonds. The van der Waals surface area contributed by atoms with Crippen LogP contribution in [-0.4, -0.2) is 35.6 Å². The highest BCUT2D eigenvalue weighted by Gasteiger charge is 2.45. The highest BCUT2D eigenvalue weighted by atomic mass is 32.2. The van der Waals surface area contributed by atoms with E-state index >= 15 is 0 Å². The predicted molar refractivity (Wildman–Crippen MR) is 102 cm³/mol. The van der Waals surface area contributed by atoms with E-state index in [-0.39, 0.29) is 23.1 Å². The average molecular weight is 406 g/mol. The van der Waals surface area contributed by atoms with Crippen molar-refractivity contribution in [1.29, 1.82) is 0 Å². The molecule has 9 heteroatoms. The fourth-order valence-corrected chi connectivity index (χ4v) is 5.01. The first-order chi connectivity index (χ1) is 13.4. The monoisotopic (exact) mass is 406 g/mol. The second-order valence-corrected chi connectivity index (χ2v) is 9.31. The Kier molecular flexibility index (Phi) is 5.07. The second-order valence-electron chi connectivity index (χ2n) is 7.63. The molecule has 2 fully saturated rings. The summed E-state index contributed by atoms with van der Waals surface area (Å²) in [5, 5.41) is 12.1. The van der Waals surface area contributed by atoms with Gasteiger partial charge in [-0.05, 0) is 55.4 Å². The number of aliphatic hydroxyl groups is 1. The SMILES string of the molecule is O=S(=O)(NC1(CO)CC1)c1ccc(Nc2ncc(C3CCCC3)cn2)c(F)c1. The minimum Gasteiger partial charge on any atom is -0.394 e. The van der Waals surface area contributed by atoms with E-state index in [9.17, 15) is 17.9 Å². The summed E-state index contributed by atoms with van der Waals surface area (Å²) in [5.41, 5.74) is 0.381. The van der Waals surface area contributed by atoms with Crippen molar-refractivity contribution < 1.29 is 17.9 Å². The number of anilines is 2. The maximum atomic E-state index is 14.5. The molecule has 3 N–H and O–H groups in total. The largest absolute Gasteiger partial charge is 0.394 e. The van der Waals surface area contributed by atoms with Gasteiger partial charge in [0, 0.05) is 12.4 Å². The molecule has 0 unspecified atom stereocenters. The first-order valence-corrected chi connectivity index (χ1v) is 10.9. The van der Waals surface area contributed by atoms with Gasteiger partial charge in [0.1, 0.15) is 5.82 Å². The Labute approximate surface area is 163 Å². The van der Waals surface area contributed by atoms with E-state index in [1.165, 1.54) is 25.0 Å². The zero-order valence-electron chi connectivity index (χ0n) is 15.4. The van der Waals surface area contributed by atoms with Gasteiger partial charge >= 0.3 is 0 Å². The highest BCUT2D eigenvalue weighted by Crippen LogP contribution is 2.36. The van der Waals surface area contributed by atoms with Crippen LogP contribution in [-0.2, 0) is 10.0 Å². The number of hydrogen-bond acceptors (Lipinski definition) is 6. The molecule has 0 spiro atoms. The van der Waals surface area contributed by atoms with Crippen molar-refractivity contribution in [2.75, 3.05) is 11.9 Å². The van der Waals surface area contributed by atoms with Crippen molar-refractivity contribution in [2.45, 2.75) is 54.9 Å². The van der Waals surface area contributed by atoms with Crippen molar-refractivity contribution in [3.05, 3.63) is 42.0 Å². The maximum Gasteiger partial charge on any atom is 0.241 e. The standard InChI is InChI=1S/C19H23FN4O3S/c20-16-9-15(28(26,27)24-19(12-25)7-8-19)5-6-17(16)23-18-21-10-14(11-22-18)13-3-1-2-4-13/h5-6,9-11,13,24-25H,1-4,7-8,12H2,(H,21,22,23). The summed E-state index contributed by atoms with van der Waals surface area (Å²) in [6.45, 7) is -0.275. The van der Waals surface area contributed by atoms with Gasteiger partial charge in [-0.2, -0.15) is 0 Å². The lowest BCUT2D eigenvalue weighted by Gasteiger charge is -2.15. The zero-order valence-corrected chi connectivity index (χ0v) is 16.2. The summed E-state index contributed by atoms with van der Waals surface area (Å²) < 4.78 is 41.7. The number of benzene rings is 1. The lowest BCUT2D eigenvalue weighted by Crippen LogP contribution is -2.39. The molecular formula is C19H23FN4O3S. The van der Waals surface area contributed by atoms with Crippen molar-refractivity contribution in [1.82, 2.24) is 14.7 Å². The number of rotatable bonds is 7. The Bertz CT molecular complexity index is 956. The fourth-order valence-electron chi connectivity index (χ4n) is 3.54. The molecule has 150 valence electrons. The maximum absolute atomic E-state index is 14.5. The van der Waals surface area contributed by atoms with E-state index in [1.54, 1.807) is 12.4 Å². The molecule has 2 saturated carbocycles. The topological polar surface area (TPSA) is 104 Å². The van der Waals surface area contributed by atoms with E-state index in [4.69, 9.17) is 0 Å². The van der Waals surface area contributed by atoms with E-state index in [1.807, 2.05) is 0 Å². The van der Waals surface area contributed by atoms with E-state index < -0.39 is 21.4 Å². The van der Waals surface area contributed by atoms with Gasteiger partial charge in [0.05, 0.1) is 22.7 Å². The molecule has 28 heavy (non-hydrogen) atoms. The van der Waals surface area contributed by atoms with Crippen LogP contribution < -0.4 is 10.0 Å². The molecule has 1 aromatic heterocycles. The van der Waals surface area contributed by atoms with Crippen LogP contribution >= 0.6 is 0 Å². The third-order valence-corrected chi connectivity index (χ3v) is 7.08. The molecular weight excluding hydrogens is 383 g/mol. The van der Waals surface area contributed by atoms with Gasteiger partial charge in [-0.25, -0.2) is 27.5 Å². The Morgan fingerprint density at radius 1 is 1.18 bits per heavy atom. The minimum absolute atomic E-state index is 0.0934. The van der Waals surface area contributed by atoms with Gasteiger partial charge in [-0.1, -0.05) is 12.8 Å². The summed E-state index contributed by atoms with van der Waals surface area (Å²) in [4.78, 5) is 8.32. The lowest BCUT2D eigenvalue weighted by molar-refractivity contribution is 0.246. The number of hydrogen-bond donors (Lipinski definition) is 3. The summed E-state index contributed by atoms with van der Waals surface area (Å²) in [7, 11) is -3.90. The molecule has 0 aliphatic heterocycles. The third kappa shape index (κ3) is 4.01. The smallest absolute Gasteiger partial charge is 0.241 e. The number of aromatic nitrogens is 2. The Balaban J connectivity index is 1.47. The Morgan fingerprint density at radius 3 is 2.43 bits per heavy atom. The van der Waals surface area contributed by atoms with E-state index in [0.717, 1.165) is 24.5 Å². The van der Waals surface area contributed by atoms with Gasteiger partial charge in [0.15, 0.2) is 0 Å². The zero-order chi connectivity index (χ0) is 19.8. The van der Waals surface area contributed by atoms with Crippen molar-refractivity contribution >= 4 is 21.7 Å². The third-order valence-electron chi connectivity index (χ3n) is 5.50. The summed E-state index contributed by atoms with van der Waals surface area (Å²) >= 11 is 0. The molecule has 7 nitrogen and oxygen atoms in total. The molecule has 2 aliphatic rings. The molecule has 1 aromatic carbocycles. The number of aliphatic hydroxyl groups excluding tert-OH is 1. The van der Waals surface area contributed by atoms with E-state index in [2.05, 4.69) is 20.0 Å². The first-order valence-electron chi connectivity index (χ1n) is 9.44. The highest BCUT2D eigenvalue weighted by molar-refractivity contribution is 7.89. The fraction of sp³-hybridized carbons (Fsp3) is 0.474. The number of nitrogens with zero attached hydrogens (tertiary/aromatic N) is 2. The second kappa shape index (κ2) is 7.38. The number of halogens is 1.